The summed E-state index contributed by atoms with van der Waals surface area (Å²) in [6, 6.07) is 17.3. The van der Waals surface area contributed by atoms with Gasteiger partial charge in [-0.2, -0.15) is 0 Å². The third-order valence-electron chi connectivity index (χ3n) is 4.06. The van der Waals surface area contributed by atoms with Gasteiger partial charge in [0, 0.05) is 6.42 Å². The standard InChI is InChI=1S/C24H28N2O5/c1-24(2,3)31-23(29)26-19(15-17-11-7-5-8-12-17)21(27)25-20(22(28)30-4)16-18-13-9-6-10-14-18/h5-15,20H,16H2,1-4H3,(H,25,27)(H,26,29)/b19-15-/t20-/m0/s1. The van der Waals surface area contributed by atoms with Crippen LogP contribution < -0.4 is 10.6 Å². The second-order valence-corrected chi connectivity index (χ2v) is 7.83. The van der Waals surface area contributed by atoms with Gasteiger partial charge in [0.25, 0.3) is 5.91 Å². The largest absolute Gasteiger partial charge is 0.467 e. The van der Waals surface area contributed by atoms with E-state index in [-0.39, 0.29) is 12.1 Å². The zero-order valence-electron chi connectivity index (χ0n) is 18.2. The van der Waals surface area contributed by atoms with E-state index in [0.717, 1.165) is 5.56 Å². The molecule has 0 aromatic heterocycles. The van der Waals surface area contributed by atoms with E-state index in [4.69, 9.17) is 9.47 Å². The van der Waals surface area contributed by atoms with Gasteiger partial charge in [-0.3, -0.25) is 10.1 Å². The van der Waals surface area contributed by atoms with Crippen LogP contribution in [0, 0.1) is 0 Å². The highest BCUT2D eigenvalue weighted by Crippen LogP contribution is 2.11. The minimum absolute atomic E-state index is 0.0533. The predicted octanol–water partition coefficient (Wildman–Crippen LogP) is 3.45. The topological polar surface area (TPSA) is 93.7 Å². The van der Waals surface area contributed by atoms with Crippen LogP contribution in [0.2, 0.25) is 0 Å². The van der Waals surface area contributed by atoms with Crippen molar-refractivity contribution in [1.29, 1.82) is 0 Å². The Labute approximate surface area is 182 Å². The van der Waals surface area contributed by atoms with Crippen LogP contribution in [-0.2, 0) is 25.5 Å². The normalized spacial score (nSPS) is 12.5. The summed E-state index contributed by atoms with van der Waals surface area (Å²) in [7, 11) is 1.26. The van der Waals surface area contributed by atoms with Crippen molar-refractivity contribution in [3.8, 4) is 0 Å². The lowest BCUT2D eigenvalue weighted by molar-refractivity contribution is -0.144. The quantitative estimate of drug-likeness (QED) is 0.525. The Hall–Kier alpha value is -3.61. The first-order chi connectivity index (χ1) is 14.7. The average Bonchev–Trinajstić information content (AvgIpc) is 2.72. The fraction of sp³-hybridized carbons (Fsp3) is 0.292. The lowest BCUT2D eigenvalue weighted by Gasteiger charge is -2.21. The van der Waals surface area contributed by atoms with E-state index in [1.807, 2.05) is 48.5 Å². The number of nitrogens with one attached hydrogen (secondary N) is 2. The van der Waals surface area contributed by atoms with Gasteiger partial charge in [-0.25, -0.2) is 9.59 Å². The van der Waals surface area contributed by atoms with Crippen molar-refractivity contribution in [3.05, 3.63) is 77.5 Å². The first-order valence-electron chi connectivity index (χ1n) is 9.87. The molecule has 0 radical (unpaired) electrons. The highest BCUT2D eigenvalue weighted by molar-refractivity contribution is 6.02. The fourth-order valence-corrected chi connectivity index (χ4v) is 2.71. The van der Waals surface area contributed by atoms with Gasteiger partial charge in [-0.1, -0.05) is 60.7 Å². The predicted molar refractivity (Wildman–Crippen MR) is 118 cm³/mol. The average molecular weight is 424 g/mol. The molecule has 0 aliphatic rings. The molecule has 0 saturated heterocycles. The maximum absolute atomic E-state index is 13.0. The van der Waals surface area contributed by atoms with Crippen LogP contribution in [0.5, 0.6) is 0 Å². The van der Waals surface area contributed by atoms with Gasteiger partial charge in [0.05, 0.1) is 7.11 Å². The monoisotopic (exact) mass is 424 g/mol. The number of rotatable bonds is 7. The van der Waals surface area contributed by atoms with Crippen molar-refractivity contribution in [2.24, 2.45) is 0 Å². The molecule has 1 atom stereocenters. The van der Waals surface area contributed by atoms with Crippen LogP contribution in [0.4, 0.5) is 4.79 Å². The third-order valence-corrected chi connectivity index (χ3v) is 4.06. The van der Waals surface area contributed by atoms with Crippen LogP contribution in [0.25, 0.3) is 6.08 Å². The van der Waals surface area contributed by atoms with Gasteiger partial charge in [-0.05, 0) is 38.0 Å². The summed E-state index contributed by atoms with van der Waals surface area (Å²) in [6.45, 7) is 5.17. The summed E-state index contributed by atoms with van der Waals surface area (Å²) in [5, 5.41) is 5.14. The number of hydrogen-bond acceptors (Lipinski definition) is 5. The number of amides is 2. The molecular weight excluding hydrogens is 396 g/mol. The highest BCUT2D eigenvalue weighted by Gasteiger charge is 2.25. The van der Waals surface area contributed by atoms with Gasteiger partial charge in [-0.15, -0.1) is 0 Å². The lowest BCUT2D eigenvalue weighted by Crippen LogP contribution is -2.46. The number of alkyl carbamates (subject to hydrolysis) is 1. The first-order valence-corrected chi connectivity index (χ1v) is 9.87. The molecule has 0 aliphatic carbocycles. The van der Waals surface area contributed by atoms with Crippen LogP contribution in [0.3, 0.4) is 0 Å². The summed E-state index contributed by atoms with van der Waals surface area (Å²) >= 11 is 0. The molecule has 0 heterocycles. The Kier molecular flexibility index (Phi) is 8.37. The van der Waals surface area contributed by atoms with E-state index >= 15 is 0 Å². The van der Waals surface area contributed by atoms with Crippen molar-refractivity contribution in [2.45, 2.75) is 38.8 Å². The Balaban J connectivity index is 2.25. The minimum atomic E-state index is -0.931. The summed E-state index contributed by atoms with van der Waals surface area (Å²) in [5.74, 6) is -1.23. The number of ether oxygens (including phenoxy) is 2. The summed E-state index contributed by atoms with van der Waals surface area (Å²) in [4.78, 5) is 37.6. The molecule has 2 aromatic carbocycles. The van der Waals surface area contributed by atoms with Crippen molar-refractivity contribution < 1.29 is 23.9 Å². The molecule has 2 amide bonds. The molecule has 0 aliphatic heterocycles. The van der Waals surface area contributed by atoms with E-state index in [0.29, 0.717) is 5.56 Å². The summed E-state index contributed by atoms with van der Waals surface area (Å²) < 4.78 is 10.1. The molecule has 2 rings (SSSR count). The molecule has 0 unspecified atom stereocenters. The SMILES string of the molecule is COC(=O)[C@H](Cc1ccccc1)NC(=O)/C(=C/c1ccccc1)NC(=O)OC(C)(C)C. The Morgan fingerprint density at radius 1 is 0.968 bits per heavy atom. The zero-order chi connectivity index (χ0) is 22.9. The third kappa shape index (κ3) is 8.34. The van der Waals surface area contributed by atoms with E-state index in [2.05, 4.69) is 10.6 Å². The van der Waals surface area contributed by atoms with Crippen LogP contribution in [0.1, 0.15) is 31.9 Å². The Bertz CT molecular complexity index is 918. The number of benzene rings is 2. The van der Waals surface area contributed by atoms with E-state index in [1.54, 1.807) is 32.9 Å². The molecule has 0 spiro atoms. The summed E-state index contributed by atoms with van der Waals surface area (Å²) in [5.41, 5.74) is 0.760. The van der Waals surface area contributed by atoms with Crippen molar-refractivity contribution >= 4 is 24.0 Å². The molecule has 7 nitrogen and oxygen atoms in total. The van der Waals surface area contributed by atoms with Crippen molar-refractivity contribution in [3.63, 3.8) is 0 Å². The Morgan fingerprint density at radius 2 is 1.55 bits per heavy atom. The highest BCUT2D eigenvalue weighted by atomic mass is 16.6. The number of carbonyl (C=O) groups is 3. The maximum atomic E-state index is 13.0. The number of carbonyl (C=O) groups excluding carboxylic acids is 3. The summed E-state index contributed by atoms with van der Waals surface area (Å²) in [6.07, 6.45) is 0.975. The molecule has 0 bridgehead atoms. The van der Waals surface area contributed by atoms with Gasteiger partial charge < -0.3 is 14.8 Å². The molecule has 2 N–H and O–H groups in total. The Morgan fingerprint density at radius 3 is 2.10 bits per heavy atom. The molecule has 164 valence electrons. The van der Waals surface area contributed by atoms with Crippen molar-refractivity contribution in [1.82, 2.24) is 10.6 Å². The number of methoxy groups -OCH3 is 1. The van der Waals surface area contributed by atoms with Gasteiger partial charge >= 0.3 is 12.1 Å². The molecular formula is C24H28N2O5. The number of hydrogen-bond donors (Lipinski definition) is 2. The molecule has 0 fully saturated rings. The zero-order valence-corrected chi connectivity index (χ0v) is 18.2. The minimum Gasteiger partial charge on any atom is -0.467 e. The van der Waals surface area contributed by atoms with Gasteiger partial charge in [0.15, 0.2) is 0 Å². The van der Waals surface area contributed by atoms with E-state index in [1.165, 1.54) is 13.2 Å². The molecule has 2 aromatic rings. The maximum Gasteiger partial charge on any atom is 0.412 e. The van der Waals surface area contributed by atoms with E-state index in [9.17, 15) is 14.4 Å². The smallest absolute Gasteiger partial charge is 0.412 e. The van der Waals surface area contributed by atoms with Crippen molar-refractivity contribution in [2.75, 3.05) is 7.11 Å². The van der Waals surface area contributed by atoms with Gasteiger partial charge in [0.2, 0.25) is 0 Å². The van der Waals surface area contributed by atoms with Gasteiger partial charge in [0.1, 0.15) is 17.3 Å². The second-order valence-electron chi connectivity index (χ2n) is 7.83. The first kappa shape index (κ1) is 23.7. The van der Waals surface area contributed by atoms with Crippen LogP contribution in [0.15, 0.2) is 66.4 Å². The number of esters is 1. The molecule has 0 saturated carbocycles. The molecule has 31 heavy (non-hydrogen) atoms. The molecule has 7 heteroatoms. The second kappa shape index (κ2) is 11.0. The lowest BCUT2D eigenvalue weighted by atomic mass is 10.1. The van der Waals surface area contributed by atoms with Crippen LogP contribution >= 0.6 is 0 Å². The van der Waals surface area contributed by atoms with E-state index < -0.39 is 29.6 Å². The van der Waals surface area contributed by atoms with Crippen LogP contribution in [-0.4, -0.2) is 36.7 Å². The fourth-order valence-electron chi connectivity index (χ4n) is 2.71.